The molecule has 1 amide bonds. The lowest BCUT2D eigenvalue weighted by atomic mass is 9.98. The van der Waals surface area contributed by atoms with Crippen LogP contribution in [0.3, 0.4) is 0 Å². The van der Waals surface area contributed by atoms with Crippen LogP contribution in [0.15, 0.2) is 0 Å². The first-order chi connectivity index (χ1) is 8.47. The van der Waals surface area contributed by atoms with Crippen LogP contribution in [0.1, 0.15) is 46.0 Å². The molecule has 1 aliphatic rings. The minimum Gasteiger partial charge on any atom is -0.480 e. The molecule has 2 atom stereocenters. The van der Waals surface area contributed by atoms with Gasteiger partial charge >= 0.3 is 5.97 Å². The Morgan fingerprint density at radius 3 is 2.39 bits per heavy atom. The first kappa shape index (κ1) is 15.0. The number of carbonyl (C=O) groups excluding carboxylic acids is 1. The van der Waals surface area contributed by atoms with Gasteiger partial charge in [0.15, 0.2) is 0 Å². The molecule has 2 unspecified atom stereocenters. The third-order valence-corrected chi connectivity index (χ3v) is 3.90. The van der Waals surface area contributed by atoms with Gasteiger partial charge in [0.2, 0.25) is 5.91 Å². The maximum atomic E-state index is 12.3. The molecule has 1 saturated carbocycles. The first-order valence-corrected chi connectivity index (χ1v) is 6.75. The van der Waals surface area contributed by atoms with E-state index in [2.05, 4.69) is 0 Å². The fraction of sp³-hybridized carbons (Fsp3) is 0.846. The summed E-state index contributed by atoms with van der Waals surface area (Å²) in [6, 6.07) is -0.529. The highest BCUT2D eigenvalue weighted by atomic mass is 16.4. The Kier molecular flexibility index (Phi) is 5.59. The van der Waals surface area contributed by atoms with Gasteiger partial charge in [0.05, 0.1) is 6.04 Å². The van der Waals surface area contributed by atoms with Gasteiger partial charge in [0.1, 0.15) is 6.54 Å². The van der Waals surface area contributed by atoms with Crippen molar-refractivity contribution in [2.24, 2.45) is 11.7 Å². The molecule has 0 aromatic heterocycles. The molecule has 0 aliphatic heterocycles. The fourth-order valence-corrected chi connectivity index (χ4v) is 2.44. The second kappa shape index (κ2) is 6.73. The first-order valence-electron chi connectivity index (χ1n) is 6.75. The number of carboxylic acids is 1. The highest BCUT2D eigenvalue weighted by molar-refractivity contribution is 5.85. The average molecular weight is 256 g/mol. The van der Waals surface area contributed by atoms with E-state index in [1.807, 2.05) is 13.8 Å². The zero-order valence-electron chi connectivity index (χ0n) is 11.3. The summed E-state index contributed by atoms with van der Waals surface area (Å²) in [5, 5.41) is 8.94. The summed E-state index contributed by atoms with van der Waals surface area (Å²) < 4.78 is 0. The molecule has 5 nitrogen and oxygen atoms in total. The monoisotopic (exact) mass is 256 g/mol. The van der Waals surface area contributed by atoms with Gasteiger partial charge in [-0.05, 0) is 18.8 Å². The predicted molar refractivity (Wildman–Crippen MR) is 69.0 cm³/mol. The van der Waals surface area contributed by atoms with Gasteiger partial charge in [-0.15, -0.1) is 0 Å². The molecule has 0 aromatic carbocycles. The Bertz CT molecular complexity index is 301. The molecule has 0 spiro atoms. The van der Waals surface area contributed by atoms with E-state index in [0.717, 1.165) is 32.1 Å². The summed E-state index contributed by atoms with van der Waals surface area (Å²) in [7, 11) is 0. The highest BCUT2D eigenvalue weighted by Crippen LogP contribution is 2.24. The molecule has 3 N–H and O–H groups in total. The van der Waals surface area contributed by atoms with E-state index >= 15 is 0 Å². The number of amides is 1. The molecule has 0 heterocycles. The van der Waals surface area contributed by atoms with Crippen molar-refractivity contribution in [1.82, 2.24) is 4.90 Å². The molecule has 18 heavy (non-hydrogen) atoms. The van der Waals surface area contributed by atoms with E-state index in [1.165, 1.54) is 4.90 Å². The molecule has 0 saturated heterocycles. The Labute approximate surface area is 108 Å². The average Bonchev–Trinajstić information content (AvgIpc) is 2.86. The van der Waals surface area contributed by atoms with Crippen LogP contribution in [0, 0.1) is 5.92 Å². The maximum Gasteiger partial charge on any atom is 0.323 e. The van der Waals surface area contributed by atoms with Crippen molar-refractivity contribution in [3.8, 4) is 0 Å². The Hall–Kier alpha value is -1.10. The zero-order chi connectivity index (χ0) is 13.7. The van der Waals surface area contributed by atoms with Gasteiger partial charge in [-0.1, -0.05) is 33.1 Å². The standard InChI is InChI=1S/C13H24N2O3/c1-3-9(2)12(14)13(18)15(8-11(16)17)10-6-4-5-7-10/h9-10,12H,3-8,14H2,1-2H3,(H,16,17). The van der Waals surface area contributed by atoms with Crippen LogP contribution in [0.4, 0.5) is 0 Å². The summed E-state index contributed by atoms with van der Waals surface area (Å²) in [6.45, 7) is 3.68. The lowest BCUT2D eigenvalue weighted by Crippen LogP contribution is -2.52. The quantitative estimate of drug-likeness (QED) is 0.748. The van der Waals surface area contributed by atoms with Crippen molar-refractivity contribution in [2.75, 3.05) is 6.54 Å². The smallest absolute Gasteiger partial charge is 0.323 e. The van der Waals surface area contributed by atoms with Gasteiger partial charge in [0.25, 0.3) is 0 Å². The number of carbonyl (C=O) groups is 2. The maximum absolute atomic E-state index is 12.3. The summed E-state index contributed by atoms with van der Waals surface area (Å²) in [5.74, 6) is -1.10. The third kappa shape index (κ3) is 3.70. The number of hydrogen-bond acceptors (Lipinski definition) is 3. The summed E-state index contributed by atoms with van der Waals surface area (Å²) in [5.41, 5.74) is 5.93. The fourth-order valence-electron chi connectivity index (χ4n) is 2.44. The van der Waals surface area contributed by atoms with Crippen molar-refractivity contribution < 1.29 is 14.7 Å². The number of nitrogens with two attached hydrogens (primary N) is 1. The molecule has 1 rings (SSSR count). The molecule has 5 heteroatoms. The van der Waals surface area contributed by atoms with Gasteiger partial charge in [-0.25, -0.2) is 0 Å². The highest BCUT2D eigenvalue weighted by Gasteiger charge is 2.32. The molecule has 1 aliphatic carbocycles. The number of hydrogen-bond donors (Lipinski definition) is 2. The normalized spacial score (nSPS) is 19.5. The van der Waals surface area contributed by atoms with E-state index in [0.29, 0.717) is 0 Å². The topological polar surface area (TPSA) is 83.6 Å². The largest absolute Gasteiger partial charge is 0.480 e. The van der Waals surface area contributed by atoms with Crippen LogP contribution in [0.2, 0.25) is 0 Å². The van der Waals surface area contributed by atoms with E-state index < -0.39 is 12.0 Å². The number of carboxylic acid groups (broad SMARTS) is 1. The van der Waals surface area contributed by atoms with Gasteiger partial charge < -0.3 is 15.7 Å². The summed E-state index contributed by atoms with van der Waals surface area (Å²) in [6.07, 6.45) is 4.73. The Morgan fingerprint density at radius 1 is 1.39 bits per heavy atom. The van der Waals surface area contributed by atoms with E-state index in [1.54, 1.807) is 0 Å². The predicted octanol–water partition coefficient (Wildman–Crippen LogP) is 1.22. The van der Waals surface area contributed by atoms with Gasteiger partial charge in [0, 0.05) is 6.04 Å². The SMILES string of the molecule is CCC(C)C(N)C(=O)N(CC(=O)O)C1CCCC1. The van der Waals surface area contributed by atoms with Crippen molar-refractivity contribution >= 4 is 11.9 Å². The molecule has 0 radical (unpaired) electrons. The second-order valence-corrected chi connectivity index (χ2v) is 5.21. The summed E-state index contributed by atoms with van der Waals surface area (Å²) >= 11 is 0. The number of aliphatic carboxylic acids is 1. The van der Waals surface area contributed by atoms with E-state index in [9.17, 15) is 9.59 Å². The van der Waals surface area contributed by atoms with Crippen LogP contribution in [0.25, 0.3) is 0 Å². The minimum absolute atomic E-state index is 0.0590. The van der Waals surface area contributed by atoms with Crippen LogP contribution >= 0.6 is 0 Å². The van der Waals surface area contributed by atoms with Crippen molar-refractivity contribution in [3.05, 3.63) is 0 Å². The van der Waals surface area contributed by atoms with Crippen molar-refractivity contribution in [3.63, 3.8) is 0 Å². The lowest BCUT2D eigenvalue weighted by molar-refractivity contribution is -0.147. The molecular formula is C13H24N2O3. The Balaban J connectivity index is 2.74. The second-order valence-electron chi connectivity index (χ2n) is 5.21. The minimum atomic E-state index is -0.966. The third-order valence-electron chi connectivity index (χ3n) is 3.90. The van der Waals surface area contributed by atoms with E-state index in [4.69, 9.17) is 10.8 Å². The van der Waals surface area contributed by atoms with Crippen molar-refractivity contribution in [1.29, 1.82) is 0 Å². The van der Waals surface area contributed by atoms with E-state index in [-0.39, 0.29) is 24.4 Å². The van der Waals surface area contributed by atoms with Crippen LogP contribution in [0.5, 0.6) is 0 Å². The van der Waals surface area contributed by atoms with Crippen LogP contribution in [-0.2, 0) is 9.59 Å². The van der Waals surface area contributed by atoms with Crippen molar-refractivity contribution in [2.45, 2.75) is 58.0 Å². The van der Waals surface area contributed by atoms with Gasteiger partial charge in [-0.3, -0.25) is 9.59 Å². The molecular weight excluding hydrogens is 232 g/mol. The molecule has 0 aromatic rings. The summed E-state index contributed by atoms with van der Waals surface area (Å²) in [4.78, 5) is 24.7. The Morgan fingerprint density at radius 2 is 1.94 bits per heavy atom. The lowest BCUT2D eigenvalue weighted by Gasteiger charge is -2.31. The number of nitrogens with zero attached hydrogens (tertiary/aromatic N) is 1. The molecule has 104 valence electrons. The number of rotatable bonds is 6. The van der Waals surface area contributed by atoms with Crippen LogP contribution < -0.4 is 5.73 Å². The van der Waals surface area contributed by atoms with Gasteiger partial charge in [-0.2, -0.15) is 0 Å². The van der Waals surface area contributed by atoms with Crippen LogP contribution in [-0.4, -0.2) is 40.5 Å². The molecule has 1 fully saturated rings. The molecule has 0 bridgehead atoms. The zero-order valence-corrected chi connectivity index (χ0v) is 11.3.